The van der Waals surface area contributed by atoms with E-state index in [1.165, 1.54) is 6.07 Å². The molecule has 0 radical (unpaired) electrons. The molecule has 0 aliphatic carbocycles. The van der Waals surface area contributed by atoms with Gasteiger partial charge in [-0.05, 0) is 51.8 Å². The van der Waals surface area contributed by atoms with Crippen LogP contribution in [0.3, 0.4) is 0 Å². The summed E-state index contributed by atoms with van der Waals surface area (Å²) in [6.07, 6.45) is 0. The van der Waals surface area contributed by atoms with Gasteiger partial charge in [-0.3, -0.25) is 10.1 Å². The lowest BCUT2D eigenvalue weighted by Crippen LogP contribution is -1.90. The van der Waals surface area contributed by atoms with Crippen LogP contribution in [-0.4, -0.2) is 4.92 Å². The lowest BCUT2D eigenvalue weighted by atomic mass is 10.2. The van der Waals surface area contributed by atoms with Crippen LogP contribution in [0.15, 0.2) is 56.3 Å². The molecule has 0 spiro atoms. The fraction of sp³-hybridized carbons (Fsp3) is 0.0769. The minimum absolute atomic E-state index is 0.0948. The topological polar surface area (TPSA) is 43.1 Å². The highest BCUT2D eigenvalue weighted by Gasteiger charge is 2.11. The van der Waals surface area contributed by atoms with Gasteiger partial charge in [0.2, 0.25) is 0 Å². The Morgan fingerprint density at radius 2 is 1.79 bits per heavy atom. The number of nitrogens with zero attached hydrogens (tertiary/aromatic N) is 1. The smallest absolute Gasteiger partial charge is 0.258 e. The number of hydrogen-bond acceptors (Lipinski definition) is 3. The second-order valence-corrected chi connectivity index (χ2v) is 6.60. The number of nitro groups is 1. The van der Waals surface area contributed by atoms with Crippen LogP contribution in [0, 0.1) is 10.1 Å². The first-order valence-corrected chi connectivity index (χ1v) is 7.94. The third kappa shape index (κ3) is 4.06. The van der Waals surface area contributed by atoms with Gasteiger partial charge in [0, 0.05) is 21.2 Å². The maximum absolute atomic E-state index is 10.7. The molecule has 0 fully saturated rings. The summed E-state index contributed by atoms with van der Waals surface area (Å²) in [5.41, 5.74) is 1.14. The van der Waals surface area contributed by atoms with Crippen LogP contribution in [0.4, 0.5) is 5.69 Å². The molecule has 0 unspecified atom stereocenters. The average Bonchev–Trinajstić information content (AvgIpc) is 2.37. The van der Waals surface area contributed by atoms with E-state index in [2.05, 4.69) is 31.9 Å². The van der Waals surface area contributed by atoms with E-state index in [0.717, 1.165) is 20.7 Å². The first-order valence-electron chi connectivity index (χ1n) is 5.37. The molecule has 0 amide bonds. The molecular formula is C13H9Br2NO2S. The van der Waals surface area contributed by atoms with Crippen molar-refractivity contribution in [1.82, 2.24) is 0 Å². The van der Waals surface area contributed by atoms with Crippen LogP contribution >= 0.6 is 43.6 Å². The van der Waals surface area contributed by atoms with E-state index >= 15 is 0 Å². The highest BCUT2D eigenvalue weighted by atomic mass is 79.9. The number of rotatable bonds is 4. The third-order valence-electron chi connectivity index (χ3n) is 2.43. The van der Waals surface area contributed by atoms with Crippen molar-refractivity contribution in [1.29, 1.82) is 0 Å². The molecule has 19 heavy (non-hydrogen) atoms. The average molecular weight is 403 g/mol. The van der Waals surface area contributed by atoms with Gasteiger partial charge in [-0.1, -0.05) is 22.0 Å². The van der Waals surface area contributed by atoms with Crippen LogP contribution in [0.1, 0.15) is 5.56 Å². The fourth-order valence-electron chi connectivity index (χ4n) is 1.49. The van der Waals surface area contributed by atoms with Gasteiger partial charge in [0.15, 0.2) is 0 Å². The van der Waals surface area contributed by atoms with Gasteiger partial charge in [-0.15, -0.1) is 11.8 Å². The summed E-state index contributed by atoms with van der Waals surface area (Å²) in [6, 6.07) is 13.2. The lowest BCUT2D eigenvalue weighted by molar-refractivity contribution is -0.385. The van der Waals surface area contributed by atoms with Crippen molar-refractivity contribution >= 4 is 49.3 Å². The van der Waals surface area contributed by atoms with Gasteiger partial charge in [-0.25, -0.2) is 0 Å². The first kappa shape index (κ1) is 14.6. The zero-order valence-electron chi connectivity index (χ0n) is 9.68. The van der Waals surface area contributed by atoms with E-state index in [1.54, 1.807) is 23.9 Å². The molecule has 6 heteroatoms. The second kappa shape index (κ2) is 6.54. The molecule has 0 bridgehead atoms. The van der Waals surface area contributed by atoms with Crippen LogP contribution in [0.2, 0.25) is 0 Å². The molecule has 0 heterocycles. The number of hydrogen-bond donors (Lipinski definition) is 0. The zero-order valence-corrected chi connectivity index (χ0v) is 13.7. The third-order valence-corrected chi connectivity index (χ3v) is 4.67. The fourth-order valence-corrected chi connectivity index (χ4v) is 3.16. The van der Waals surface area contributed by atoms with Crippen LogP contribution in [0.25, 0.3) is 0 Å². The molecule has 2 rings (SSSR count). The maximum atomic E-state index is 10.7. The summed E-state index contributed by atoms with van der Waals surface area (Å²) in [5.74, 6) is 0.776. The molecule has 0 saturated heterocycles. The SMILES string of the molecule is O=[N+]([O-])c1ccc(CSc2ccc(Br)cc2)cc1Br. The summed E-state index contributed by atoms with van der Waals surface area (Å²) in [4.78, 5) is 11.5. The summed E-state index contributed by atoms with van der Waals surface area (Å²) >= 11 is 8.31. The van der Waals surface area contributed by atoms with Crippen LogP contribution < -0.4 is 0 Å². The van der Waals surface area contributed by atoms with Gasteiger partial charge < -0.3 is 0 Å². The van der Waals surface area contributed by atoms with Crippen molar-refractivity contribution in [2.24, 2.45) is 0 Å². The van der Waals surface area contributed by atoms with Gasteiger partial charge in [-0.2, -0.15) is 0 Å². The Bertz CT molecular complexity index is 602. The Hall–Kier alpha value is -0.850. The summed E-state index contributed by atoms with van der Waals surface area (Å²) in [5, 5.41) is 10.7. The number of nitro benzene ring substituents is 1. The Balaban J connectivity index is 2.06. The van der Waals surface area contributed by atoms with Gasteiger partial charge in [0.05, 0.1) is 9.40 Å². The monoisotopic (exact) mass is 401 g/mol. The van der Waals surface area contributed by atoms with E-state index in [9.17, 15) is 10.1 Å². The van der Waals surface area contributed by atoms with Gasteiger partial charge in [0.1, 0.15) is 0 Å². The first-order chi connectivity index (χ1) is 9.06. The van der Waals surface area contributed by atoms with Gasteiger partial charge in [0.25, 0.3) is 5.69 Å². The lowest BCUT2D eigenvalue weighted by Gasteiger charge is -2.03. The highest BCUT2D eigenvalue weighted by Crippen LogP contribution is 2.29. The van der Waals surface area contributed by atoms with Crippen LogP contribution in [0.5, 0.6) is 0 Å². The predicted molar refractivity (Wildman–Crippen MR) is 84.5 cm³/mol. The maximum Gasteiger partial charge on any atom is 0.283 e. The molecular weight excluding hydrogens is 394 g/mol. The van der Waals surface area contributed by atoms with Crippen molar-refractivity contribution in [3.05, 3.63) is 67.1 Å². The predicted octanol–water partition coefficient (Wildman–Crippen LogP) is 5.41. The summed E-state index contributed by atoms with van der Waals surface area (Å²) in [7, 11) is 0. The second-order valence-electron chi connectivity index (χ2n) is 3.79. The Morgan fingerprint density at radius 3 is 2.37 bits per heavy atom. The summed E-state index contributed by atoms with van der Waals surface area (Å²) < 4.78 is 1.57. The standard InChI is InChI=1S/C13H9Br2NO2S/c14-10-2-4-11(5-3-10)19-8-9-1-6-13(16(17)18)12(15)7-9/h1-7H,8H2. The molecule has 0 N–H and O–H groups in total. The van der Waals surface area contributed by atoms with E-state index in [-0.39, 0.29) is 5.69 Å². The number of halogens is 2. The van der Waals surface area contributed by atoms with Crippen molar-refractivity contribution in [3.8, 4) is 0 Å². The number of thioether (sulfide) groups is 1. The van der Waals surface area contributed by atoms with Crippen molar-refractivity contribution in [3.63, 3.8) is 0 Å². The van der Waals surface area contributed by atoms with Crippen molar-refractivity contribution < 1.29 is 4.92 Å². The van der Waals surface area contributed by atoms with E-state index in [4.69, 9.17) is 0 Å². The molecule has 0 atom stereocenters. The Morgan fingerprint density at radius 1 is 1.11 bits per heavy atom. The Labute approximate surface area is 131 Å². The molecule has 0 aliphatic heterocycles. The molecule has 2 aromatic rings. The minimum atomic E-state index is -0.393. The normalized spacial score (nSPS) is 10.4. The van der Waals surface area contributed by atoms with E-state index in [0.29, 0.717) is 4.47 Å². The molecule has 0 aliphatic rings. The van der Waals surface area contributed by atoms with E-state index in [1.807, 2.05) is 24.3 Å². The van der Waals surface area contributed by atoms with Crippen molar-refractivity contribution in [2.75, 3.05) is 0 Å². The van der Waals surface area contributed by atoms with Crippen LogP contribution in [-0.2, 0) is 5.75 Å². The highest BCUT2D eigenvalue weighted by molar-refractivity contribution is 9.10. The molecule has 3 nitrogen and oxygen atoms in total. The molecule has 0 saturated carbocycles. The molecule has 98 valence electrons. The summed E-state index contributed by atoms with van der Waals surface area (Å²) in [6.45, 7) is 0. The molecule has 0 aromatic heterocycles. The van der Waals surface area contributed by atoms with Gasteiger partial charge >= 0.3 is 0 Å². The quantitative estimate of drug-likeness (QED) is 0.390. The Kier molecular flexibility index (Phi) is 5.01. The molecule has 2 aromatic carbocycles. The zero-order chi connectivity index (χ0) is 13.8. The minimum Gasteiger partial charge on any atom is -0.258 e. The largest absolute Gasteiger partial charge is 0.283 e. The van der Waals surface area contributed by atoms with E-state index < -0.39 is 4.92 Å². The number of benzene rings is 2. The van der Waals surface area contributed by atoms with Crippen molar-refractivity contribution in [2.45, 2.75) is 10.6 Å².